The van der Waals surface area contributed by atoms with Crippen LogP contribution in [0, 0.1) is 5.92 Å². The number of hydrogen-bond acceptors (Lipinski definition) is 4. The summed E-state index contributed by atoms with van der Waals surface area (Å²) in [7, 11) is 0. The summed E-state index contributed by atoms with van der Waals surface area (Å²) in [6, 6.07) is 8.21. The van der Waals surface area contributed by atoms with Crippen LogP contribution in [0.15, 0.2) is 30.5 Å². The monoisotopic (exact) mass is 244 g/mol. The van der Waals surface area contributed by atoms with E-state index in [4.69, 9.17) is 5.73 Å². The van der Waals surface area contributed by atoms with Gasteiger partial charge in [-0.1, -0.05) is 31.2 Å². The van der Waals surface area contributed by atoms with Crippen LogP contribution in [-0.4, -0.2) is 29.8 Å². The van der Waals surface area contributed by atoms with E-state index in [0.717, 1.165) is 29.7 Å². The number of anilines is 1. The molecule has 4 nitrogen and oxygen atoms in total. The van der Waals surface area contributed by atoms with Crippen molar-refractivity contribution in [3.05, 3.63) is 30.5 Å². The Labute approximate surface area is 108 Å². The molecular formula is C14H20N4. The molecule has 0 amide bonds. The van der Waals surface area contributed by atoms with E-state index in [9.17, 15) is 0 Å². The maximum absolute atomic E-state index is 5.70. The van der Waals surface area contributed by atoms with E-state index in [1.165, 1.54) is 0 Å². The van der Waals surface area contributed by atoms with Crippen LogP contribution in [0.25, 0.3) is 10.8 Å². The molecule has 0 spiro atoms. The second kappa shape index (κ2) is 5.78. The number of aromatic nitrogens is 2. The van der Waals surface area contributed by atoms with E-state index in [-0.39, 0.29) is 0 Å². The Balaban J connectivity index is 2.38. The largest absolute Gasteiger partial charge is 0.355 e. The standard InChI is InChI=1S/C14H20N4/c1-3-18(10-11(2)8-15)14-13-7-5-4-6-12(13)9-16-17-14/h4-7,9,11H,3,8,10,15H2,1-2H3. The quantitative estimate of drug-likeness (QED) is 0.874. The highest BCUT2D eigenvalue weighted by Crippen LogP contribution is 2.23. The summed E-state index contributed by atoms with van der Waals surface area (Å²) in [4.78, 5) is 2.24. The maximum atomic E-state index is 5.70. The molecular weight excluding hydrogens is 224 g/mol. The second-order valence-corrected chi connectivity index (χ2v) is 4.63. The molecule has 0 saturated heterocycles. The molecule has 0 bridgehead atoms. The lowest BCUT2D eigenvalue weighted by Gasteiger charge is -2.25. The Morgan fingerprint density at radius 1 is 1.33 bits per heavy atom. The molecule has 1 aromatic heterocycles. The van der Waals surface area contributed by atoms with Gasteiger partial charge < -0.3 is 10.6 Å². The molecule has 2 rings (SSSR count). The Morgan fingerprint density at radius 2 is 2.11 bits per heavy atom. The zero-order chi connectivity index (χ0) is 13.0. The third-order valence-electron chi connectivity index (χ3n) is 3.17. The highest BCUT2D eigenvalue weighted by atomic mass is 15.3. The van der Waals surface area contributed by atoms with Gasteiger partial charge >= 0.3 is 0 Å². The Morgan fingerprint density at radius 3 is 2.83 bits per heavy atom. The minimum absolute atomic E-state index is 0.450. The molecule has 96 valence electrons. The fourth-order valence-electron chi connectivity index (χ4n) is 2.06. The van der Waals surface area contributed by atoms with E-state index in [1.54, 1.807) is 6.20 Å². The van der Waals surface area contributed by atoms with E-state index in [0.29, 0.717) is 12.5 Å². The summed E-state index contributed by atoms with van der Waals surface area (Å²) < 4.78 is 0. The predicted octanol–water partition coefficient (Wildman–Crippen LogP) is 2.05. The van der Waals surface area contributed by atoms with Gasteiger partial charge in [-0.05, 0) is 19.4 Å². The molecule has 4 heteroatoms. The van der Waals surface area contributed by atoms with Crippen molar-refractivity contribution in [2.45, 2.75) is 13.8 Å². The van der Waals surface area contributed by atoms with Crippen LogP contribution in [0.1, 0.15) is 13.8 Å². The van der Waals surface area contributed by atoms with Gasteiger partial charge in [0.25, 0.3) is 0 Å². The predicted molar refractivity (Wildman–Crippen MR) is 75.6 cm³/mol. The number of nitrogens with zero attached hydrogens (tertiary/aromatic N) is 3. The third-order valence-corrected chi connectivity index (χ3v) is 3.17. The van der Waals surface area contributed by atoms with Gasteiger partial charge in [0.2, 0.25) is 0 Å². The van der Waals surface area contributed by atoms with E-state index in [1.807, 2.05) is 12.1 Å². The van der Waals surface area contributed by atoms with Gasteiger partial charge in [-0.3, -0.25) is 0 Å². The number of benzene rings is 1. The molecule has 18 heavy (non-hydrogen) atoms. The molecule has 1 aromatic carbocycles. The van der Waals surface area contributed by atoms with Crippen LogP contribution in [0.5, 0.6) is 0 Å². The highest BCUT2D eigenvalue weighted by Gasteiger charge is 2.13. The molecule has 0 fully saturated rings. The van der Waals surface area contributed by atoms with Gasteiger partial charge in [0.1, 0.15) is 0 Å². The van der Waals surface area contributed by atoms with Crippen molar-refractivity contribution >= 4 is 16.6 Å². The van der Waals surface area contributed by atoms with Gasteiger partial charge in [-0.15, -0.1) is 5.10 Å². The van der Waals surface area contributed by atoms with Crippen LogP contribution in [0.4, 0.5) is 5.82 Å². The van der Waals surface area contributed by atoms with Crippen LogP contribution in [0.3, 0.4) is 0 Å². The molecule has 1 atom stereocenters. The highest BCUT2D eigenvalue weighted by molar-refractivity contribution is 5.91. The average molecular weight is 244 g/mol. The van der Waals surface area contributed by atoms with Gasteiger partial charge in [-0.2, -0.15) is 5.10 Å². The fraction of sp³-hybridized carbons (Fsp3) is 0.429. The topological polar surface area (TPSA) is 55.0 Å². The van der Waals surface area contributed by atoms with Gasteiger partial charge in [0, 0.05) is 23.9 Å². The van der Waals surface area contributed by atoms with Crippen molar-refractivity contribution in [1.82, 2.24) is 10.2 Å². The van der Waals surface area contributed by atoms with Crippen molar-refractivity contribution in [3.63, 3.8) is 0 Å². The lowest BCUT2D eigenvalue weighted by molar-refractivity contribution is 0.572. The molecule has 1 unspecified atom stereocenters. The minimum Gasteiger partial charge on any atom is -0.355 e. The SMILES string of the molecule is CCN(CC(C)CN)c1nncc2ccccc12. The fourth-order valence-corrected chi connectivity index (χ4v) is 2.06. The second-order valence-electron chi connectivity index (χ2n) is 4.63. The first-order valence-electron chi connectivity index (χ1n) is 6.41. The van der Waals surface area contributed by atoms with E-state index >= 15 is 0 Å². The molecule has 2 aromatic rings. The van der Waals surface area contributed by atoms with Gasteiger partial charge in [0.15, 0.2) is 5.82 Å². The Kier molecular flexibility index (Phi) is 4.10. The smallest absolute Gasteiger partial charge is 0.159 e. The van der Waals surface area contributed by atoms with Crippen LogP contribution < -0.4 is 10.6 Å². The number of nitrogens with two attached hydrogens (primary N) is 1. The van der Waals surface area contributed by atoms with Crippen LogP contribution in [0.2, 0.25) is 0 Å². The van der Waals surface area contributed by atoms with Crippen molar-refractivity contribution < 1.29 is 0 Å². The van der Waals surface area contributed by atoms with Crippen molar-refractivity contribution in [2.75, 3.05) is 24.5 Å². The lowest BCUT2D eigenvalue weighted by Crippen LogP contribution is -2.32. The minimum atomic E-state index is 0.450. The summed E-state index contributed by atoms with van der Waals surface area (Å²) in [6.07, 6.45) is 1.80. The number of fused-ring (bicyclic) bond motifs is 1. The van der Waals surface area contributed by atoms with Gasteiger partial charge in [0.05, 0.1) is 6.20 Å². The van der Waals surface area contributed by atoms with Crippen LogP contribution in [-0.2, 0) is 0 Å². The molecule has 0 radical (unpaired) electrons. The molecule has 0 aliphatic rings. The summed E-state index contributed by atoms with van der Waals surface area (Å²) in [5.74, 6) is 1.40. The Bertz CT molecular complexity index is 507. The molecule has 2 N–H and O–H groups in total. The van der Waals surface area contributed by atoms with E-state index in [2.05, 4.69) is 41.1 Å². The summed E-state index contributed by atoms with van der Waals surface area (Å²) in [5, 5.41) is 10.7. The molecule has 1 heterocycles. The first kappa shape index (κ1) is 12.8. The van der Waals surface area contributed by atoms with E-state index < -0.39 is 0 Å². The van der Waals surface area contributed by atoms with Crippen molar-refractivity contribution in [2.24, 2.45) is 11.7 Å². The zero-order valence-electron chi connectivity index (χ0n) is 11.0. The first-order chi connectivity index (χ1) is 8.76. The van der Waals surface area contributed by atoms with Gasteiger partial charge in [-0.25, -0.2) is 0 Å². The molecule has 0 saturated carbocycles. The first-order valence-corrected chi connectivity index (χ1v) is 6.41. The Hall–Kier alpha value is -1.68. The third kappa shape index (κ3) is 2.59. The number of hydrogen-bond donors (Lipinski definition) is 1. The summed E-state index contributed by atoms with van der Waals surface area (Å²) >= 11 is 0. The molecule has 0 aliphatic heterocycles. The lowest BCUT2D eigenvalue weighted by atomic mass is 10.1. The summed E-state index contributed by atoms with van der Waals surface area (Å²) in [5.41, 5.74) is 5.70. The number of rotatable bonds is 5. The average Bonchev–Trinajstić information content (AvgIpc) is 2.44. The normalized spacial score (nSPS) is 12.6. The zero-order valence-corrected chi connectivity index (χ0v) is 11.0. The molecule has 0 aliphatic carbocycles. The maximum Gasteiger partial charge on any atom is 0.159 e. The van der Waals surface area contributed by atoms with Crippen LogP contribution >= 0.6 is 0 Å². The van der Waals surface area contributed by atoms with Crippen molar-refractivity contribution in [1.29, 1.82) is 0 Å². The summed E-state index contributed by atoms with van der Waals surface area (Å²) in [6.45, 7) is 6.80. The van der Waals surface area contributed by atoms with Crippen molar-refractivity contribution in [3.8, 4) is 0 Å².